The van der Waals surface area contributed by atoms with Crippen LogP contribution >= 0.6 is 0 Å². The summed E-state index contributed by atoms with van der Waals surface area (Å²) in [5, 5.41) is 8.92. The molecule has 1 aliphatic heterocycles. The quantitative estimate of drug-likeness (QED) is 0.818. The molecule has 1 aliphatic rings. The molecule has 1 unspecified atom stereocenters. The molecule has 18 heavy (non-hydrogen) atoms. The third kappa shape index (κ3) is 2.32. The summed E-state index contributed by atoms with van der Waals surface area (Å²) >= 11 is 0. The number of nitriles is 1. The van der Waals surface area contributed by atoms with E-state index in [1.165, 1.54) is 0 Å². The van der Waals surface area contributed by atoms with E-state index in [9.17, 15) is 0 Å². The van der Waals surface area contributed by atoms with Gasteiger partial charge in [-0.2, -0.15) is 5.26 Å². The Balaban J connectivity index is 2.23. The zero-order valence-corrected chi connectivity index (χ0v) is 11.3. The largest absolute Gasteiger partial charge is 0.356 e. The third-order valence-electron chi connectivity index (χ3n) is 3.83. The number of piperidine rings is 1. The van der Waals surface area contributed by atoms with Gasteiger partial charge in [0, 0.05) is 19.1 Å². The Morgan fingerprint density at radius 3 is 2.78 bits per heavy atom. The fraction of sp³-hybridized carbons (Fsp3) is 0.571. The number of nitrogens with zero attached hydrogens (tertiary/aromatic N) is 3. The van der Waals surface area contributed by atoms with E-state index in [4.69, 9.17) is 11.0 Å². The van der Waals surface area contributed by atoms with Gasteiger partial charge in [0.15, 0.2) is 0 Å². The molecule has 0 aliphatic carbocycles. The number of anilines is 1. The van der Waals surface area contributed by atoms with Gasteiger partial charge >= 0.3 is 0 Å². The number of hydrogen-bond acceptors (Lipinski definition) is 4. The van der Waals surface area contributed by atoms with Gasteiger partial charge < -0.3 is 10.6 Å². The van der Waals surface area contributed by atoms with E-state index < -0.39 is 0 Å². The molecule has 2 N–H and O–H groups in total. The second kappa shape index (κ2) is 4.58. The molecule has 4 nitrogen and oxygen atoms in total. The van der Waals surface area contributed by atoms with Gasteiger partial charge in [-0.15, -0.1) is 0 Å². The number of aromatic nitrogens is 1. The van der Waals surface area contributed by atoms with Crippen molar-refractivity contribution in [2.75, 3.05) is 18.0 Å². The monoisotopic (exact) mass is 244 g/mol. The van der Waals surface area contributed by atoms with Gasteiger partial charge in [-0.05, 0) is 30.9 Å². The Labute approximate surface area is 108 Å². The third-order valence-corrected chi connectivity index (χ3v) is 3.83. The highest BCUT2D eigenvalue weighted by atomic mass is 15.2. The Morgan fingerprint density at radius 1 is 1.50 bits per heavy atom. The van der Waals surface area contributed by atoms with E-state index in [2.05, 4.69) is 29.8 Å². The van der Waals surface area contributed by atoms with Gasteiger partial charge in [-0.3, -0.25) is 0 Å². The Kier molecular flexibility index (Phi) is 3.27. The summed E-state index contributed by atoms with van der Waals surface area (Å²) in [4.78, 5) is 6.78. The molecule has 1 atom stereocenters. The number of aryl methyl sites for hydroxylation is 1. The first-order valence-electron chi connectivity index (χ1n) is 6.32. The van der Waals surface area contributed by atoms with Crippen LogP contribution in [0.2, 0.25) is 0 Å². The lowest BCUT2D eigenvalue weighted by atomic mass is 9.80. The van der Waals surface area contributed by atoms with Crippen molar-refractivity contribution in [2.45, 2.75) is 33.2 Å². The molecule has 96 valence electrons. The molecule has 0 radical (unpaired) electrons. The van der Waals surface area contributed by atoms with E-state index in [0.717, 1.165) is 31.0 Å². The van der Waals surface area contributed by atoms with Crippen LogP contribution in [0.25, 0.3) is 0 Å². The van der Waals surface area contributed by atoms with Crippen LogP contribution in [0.4, 0.5) is 5.82 Å². The summed E-state index contributed by atoms with van der Waals surface area (Å²) < 4.78 is 0. The lowest BCUT2D eigenvalue weighted by Gasteiger charge is -2.43. The zero-order chi connectivity index (χ0) is 13.3. The summed E-state index contributed by atoms with van der Waals surface area (Å²) in [5.74, 6) is 0.950. The molecule has 1 fully saturated rings. The molecule has 0 aromatic carbocycles. The molecule has 0 saturated carbocycles. The van der Waals surface area contributed by atoms with Crippen molar-refractivity contribution >= 4 is 5.82 Å². The number of pyridine rings is 1. The number of nitrogens with two attached hydrogens (primary N) is 1. The molecule has 2 rings (SSSR count). The molecular weight excluding hydrogens is 224 g/mol. The molecule has 4 heteroatoms. The zero-order valence-electron chi connectivity index (χ0n) is 11.3. The predicted octanol–water partition coefficient (Wildman–Crippen LogP) is 1.83. The standard InChI is InChI=1S/C14H20N4/c1-10-11(8-15)4-5-13(17-10)18-7-6-12(16)14(2,3)9-18/h4-5,12H,6-7,9,16H2,1-3H3. The highest BCUT2D eigenvalue weighted by Crippen LogP contribution is 2.30. The average molecular weight is 244 g/mol. The van der Waals surface area contributed by atoms with Crippen LogP contribution in [0.5, 0.6) is 0 Å². The summed E-state index contributed by atoms with van der Waals surface area (Å²) in [6, 6.07) is 6.17. The van der Waals surface area contributed by atoms with Crippen molar-refractivity contribution < 1.29 is 0 Å². The van der Waals surface area contributed by atoms with Crippen LogP contribution in [-0.4, -0.2) is 24.1 Å². The first-order chi connectivity index (χ1) is 8.44. The van der Waals surface area contributed by atoms with Crippen molar-refractivity contribution in [3.63, 3.8) is 0 Å². The second-order valence-electron chi connectivity index (χ2n) is 5.72. The lowest BCUT2D eigenvalue weighted by molar-refractivity contribution is 0.244. The van der Waals surface area contributed by atoms with Crippen LogP contribution in [0.1, 0.15) is 31.5 Å². The van der Waals surface area contributed by atoms with Crippen LogP contribution in [0.3, 0.4) is 0 Å². The van der Waals surface area contributed by atoms with E-state index in [-0.39, 0.29) is 11.5 Å². The van der Waals surface area contributed by atoms with E-state index in [1.54, 1.807) is 0 Å². The van der Waals surface area contributed by atoms with E-state index >= 15 is 0 Å². The minimum atomic E-state index is 0.0989. The number of rotatable bonds is 1. The Bertz CT molecular complexity index is 487. The summed E-state index contributed by atoms with van der Waals surface area (Å²) in [7, 11) is 0. The topological polar surface area (TPSA) is 65.9 Å². The molecule has 0 bridgehead atoms. The maximum Gasteiger partial charge on any atom is 0.128 e. The lowest BCUT2D eigenvalue weighted by Crippen LogP contribution is -2.52. The second-order valence-corrected chi connectivity index (χ2v) is 5.72. The van der Waals surface area contributed by atoms with E-state index in [0.29, 0.717) is 5.56 Å². The smallest absolute Gasteiger partial charge is 0.128 e. The highest BCUT2D eigenvalue weighted by Gasteiger charge is 2.33. The molecule has 1 saturated heterocycles. The molecule has 2 heterocycles. The molecule has 1 aromatic rings. The van der Waals surface area contributed by atoms with Gasteiger partial charge in [0.1, 0.15) is 11.9 Å². The molecular formula is C14H20N4. The maximum atomic E-state index is 8.92. The molecule has 0 spiro atoms. The summed E-state index contributed by atoms with van der Waals surface area (Å²) in [6.45, 7) is 8.11. The van der Waals surface area contributed by atoms with Crippen LogP contribution in [-0.2, 0) is 0 Å². The Morgan fingerprint density at radius 2 is 2.22 bits per heavy atom. The molecule has 1 aromatic heterocycles. The molecule has 0 amide bonds. The van der Waals surface area contributed by atoms with Gasteiger partial charge in [0.05, 0.1) is 11.3 Å². The first kappa shape index (κ1) is 12.8. The number of hydrogen-bond donors (Lipinski definition) is 1. The SMILES string of the molecule is Cc1nc(N2CCC(N)C(C)(C)C2)ccc1C#N. The van der Waals surface area contributed by atoms with Crippen molar-refractivity contribution in [3.8, 4) is 6.07 Å². The van der Waals surface area contributed by atoms with Crippen molar-refractivity contribution in [3.05, 3.63) is 23.4 Å². The fourth-order valence-corrected chi connectivity index (χ4v) is 2.41. The predicted molar refractivity (Wildman–Crippen MR) is 72.3 cm³/mol. The fourth-order valence-electron chi connectivity index (χ4n) is 2.41. The van der Waals surface area contributed by atoms with Gasteiger partial charge in [-0.1, -0.05) is 13.8 Å². The van der Waals surface area contributed by atoms with Crippen LogP contribution in [0.15, 0.2) is 12.1 Å². The van der Waals surface area contributed by atoms with Crippen molar-refractivity contribution in [1.82, 2.24) is 4.98 Å². The van der Waals surface area contributed by atoms with Crippen LogP contribution in [0, 0.1) is 23.7 Å². The normalized spacial score (nSPS) is 22.6. The van der Waals surface area contributed by atoms with Crippen LogP contribution < -0.4 is 10.6 Å². The van der Waals surface area contributed by atoms with Gasteiger partial charge in [0.2, 0.25) is 0 Å². The van der Waals surface area contributed by atoms with Gasteiger partial charge in [-0.25, -0.2) is 4.98 Å². The van der Waals surface area contributed by atoms with Crippen molar-refractivity contribution in [2.24, 2.45) is 11.1 Å². The van der Waals surface area contributed by atoms with Gasteiger partial charge in [0.25, 0.3) is 0 Å². The Hall–Kier alpha value is -1.60. The highest BCUT2D eigenvalue weighted by molar-refractivity contribution is 5.45. The minimum Gasteiger partial charge on any atom is -0.356 e. The van der Waals surface area contributed by atoms with E-state index in [1.807, 2.05) is 19.1 Å². The average Bonchev–Trinajstić information content (AvgIpc) is 2.32. The minimum absolute atomic E-state index is 0.0989. The summed E-state index contributed by atoms with van der Waals surface area (Å²) in [6.07, 6.45) is 0.980. The van der Waals surface area contributed by atoms with Crippen molar-refractivity contribution in [1.29, 1.82) is 5.26 Å². The first-order valence-corrected chi connectivity index (χ1v) is 6.32. The summed E-state index contributed by atoms with van der Waals surface area (Å²) in [5.41, 5.74) is 7.68. The maximum absolute atomic E-state index is 8.92.